The Balaban J connectivity index is 1.99. The molecule has 0 spiro atoms. The van der Waals surface area contributed by atoms with Crippen LogP contribution in [0.2, 0.25) is 0 Å². The summed E-state index contributed by atoms with van der Waals surface area (Å²) in [5.41, 5.74) is 0.921. The molecule has 1 fully saturated rings. The number of hydrogen-bond acceptors (Lipinski definition) is 2. The van der Waals surface area contributed by atoms with Crippen molar-refractivity contribution >= 4 is 11.3 Å². The van der Waals surface area contributed by atoms with Crippen molar-refractivity contribution in [1.29, 1.82) is 0 Å². The van der Waals surface area contributed by atoms with Crippen LogP contribution in [0.15, 0.2) is 11.4 Å². The molecule has 0 saturated heterocycles. The topological polar surface area (TPSA) is 20.2 Å². The molecule has 0 atom stereocenters. The van der Waals surface area contributed by atoms with Crippen molar-refractivity contribution in [3.05, 3.63) is 21.9 Å². The van der Waals surface area contributed by atoms with Crippen LogP contribution in [-0.2, 0) is 6.42 Å². The van der Waals surface area contributed by atoms with Gasteiger partial charge in [0.05, 0.1) is 5.60 Å². The van der Waals surface area contributed by atoms with Crippen LogP contribution in [0.3, 0.4) is 0 Å². The molecule has 1 aromatic heterocycles. The molecule has 2 heteroatoms. The van der Waals surface area contributed by atoms with Crippen molar-refractivity contribution in [3.63, 3.8) is 0 Å². The van der Waals surface area contributed by atoms with Gasteiger partial charge in [0.15, 0.2) is 0 Å². The van der Waals surface area contributed by atoms with Crippen LogP contribution in [0.4, 0.5) is 0 Å². The van der Waals surface area contributed by atoms with Gasteiger partial charge < -0.3 is 5.11 Å². The Morgan fingerprint density at radius 3 is 2.77 bits per heavy atom. The van der Waals surface area contributed by atoms with Crippen LogP contribution < -0.4 is 0 Å². The lowest BCUT2D eigenvalue weighted by atomic mass is 9.69. The maximum atomic E-state index is 10.0. The van der Waals surface area contributed by atoms with E-state index in [-0.39, 0.29) is 5.60 Å². The van der Waals surface area contributed by atoms with Crippen LogP contribution in [0.1, 0.15) is 30.2 Å². The van der Waals surface area contributed by atoms with E-state index in [4.69, 9.17) is 0 Å². The number of hydrogen-bond donors (Lipinski definition) is 1. The fraction of sp³-hybridized carbons (Fsp3) is 0.636. The Bertz CT molecular complexity index is 297. The van der Waals surface area contributed by atoms with Gasteiger partial charge in [0.1, 0.15) is 0 Å². The van der Waals surface area contributed by atoms with Crippen molar-refractivity contribution in [1.82, 2.24) is 0 Å². The summed E-state index contributed by atoms with van der Waals surface area (Å²) in [4.78, 5) is 1.34. The van der Waals surface area contributed by atoms with E-state index < -0.39 is 0 Å². The highest BCUT2D eigenvalue weighted by Gasteiger charge is 2.39. The van der Waals surface area contributed by atoms with Crippen LogP contribution >= 0.6 is 11.3 Å². The zero-order chi connectivity index (χ0) is 9.47. The van der Waals surface area contributed by atoms with Crippen LogP contribution in [0, 0.1) is 12.8 Å². The van der Waals surface area contributed by atoms with E-state index in [0.717, 1.165) is 19.3 Å². The quantitative estimate of drug-likeness (QED) is 0.771. The average Bonchev–Trinajstić information content (AvgIpc) is 2.32. The SMILES string of the molecule is Cc1cc(CC2(O)CC(C)C2)cs1. The molecular weight excluding hydrogens is 180 g/mol. The monoisotopic (exact) mass is 196 g/mol. The largest absolute Gasteiger partial charge is 0.390 e. The summed E-state index contributed by atoms with van der Waals surface area (Å²) in [6.07, 6.45) is 2.80. The predicted octanol–water partition coefficient (Wildman–Crippen LogP) is 2.76. The number of rotatable bonds is 2. The van der Waals surface area contributed by atoms with Gasteiger partial charge in [-0.15, -0.1) is 11.3 Å². The van der Waals surface area contributed by atoms with Crippen molar-refractivity contribution in [3.8, 4) is 0 Å². The van der Waals surface area contributed by atoms with Crippen molar-refractivity contribution in [2.45, 2.75) is 38.7 Å². The Morgan fingerprint density at radius 1 is 1.62 bits per heavy atom. The van der Waals surface area contributed by atoms with Gasteiger partial charge in [0, 0.05) is 11.3 Å². The second kappa shape index (κ2) is 3.10. The third-order valence-corrected chi connectivity index (χ3v) is 3.69. The van der Waals surface area contributed by atoms with Crippen molar-refractivity contribution in [2.24, 2.45) is 5.92 Å². The third kappa shape index (κ3) is 1.94. The van der Waals surface area contributed by atoms with Crippen LogP contribution in [0.5, 0.6) is 0 Å². The van der Waals surface area contributed by atoms with Crippen LogP contribution in [-0.4, -0.2) is 10.7 Å². The van der Waals surface area contributed by atoms with Gasteiger partial charge >= 0.3 is 0 Å². The van der Waals surface area contributed by atoms with E-state index >= 15 is 0 Å². The fourth-order valence-corrected chi connectivity index (χ4v) is 3.06. The summed E-state index contributed by atoms with van der Waals surface area (Å²) in [7, 11) is 0. The average molecular weight is 196 g/mol. The lowest BCUT2D eigenvalue weighted by Crippen LogP contribution is -2.44. The van der Waals surface area contributed by atoms with E-state index in [1.807, 2.05) is 0 Å². The van der Waals surface area contributed by atoms with E-state index in [9.17, 15) is 5.11 Å². The molecule has 2 rings (SSSR count). The zero-order valence-corrected chi connectivity index (χ0v) is 9.03. The Hall–Kier alpha value is -0.340. The highest BCUT2D eigenvalue weighted by molar-refractivity contribution is 7.10. The highest BCUT2D eigenvalue weighted by atomic mass is 32.1. The maximum Gasteiger partial charge on any atom is 0.0693 e. The Kier molecular flexibility index (Phi) is 2.20. The molecule has 0 bridgehead atoms. The Labute approximate surface area is 83.4 Å². The molecule has 72 valence electrons. The minimum atomic E-state index is -0.382. The first kappa shape index (κ1) is 9.22. The molecule has 1 aromatic rings. The summed E-state index contributed by atoms with van der Waals surface area (Å²) in [6.45, 7) is 4.31. The van der Waals surface area contributed by atoms with E-state index in [2.05, 4.69) is 25.3 Å². The van der Waals surface area contributed by atoms with Gasteiger partial charge in [-0.3, -0.25) is 0 Å². The summed E-state index contributed by atoms with van der Waals surface area (Å²) >= 11 is 1.77. The van der Waals surface area contributed by atoms with Gasteiger partial charge in [-0.05, 0) is 42.7 Å². The summed E-state index contributed by atoms with van der Waals surface area (Å²) in [6, 6.07) is 2.19. The second-order valence-corrected chi connectivity index (χ2v) is 5.60. The summed E-state index contributed by atoms with van der Waals surface area (Å²) in [5, 5.41) is 12.2. The van der Waals surface area contributed by atoms with Gasteiger partial charge in [-0.25, -0.2) is 0 Å². The third-order valence-electron chi connectivity index (χ3n) is 2.77. The molecule has 1 saturated carbocycles. The first-order valence-corrected chi connectivity index (χ1v) is 5.72. The normalized spacial score (nSPS) is 33.0. The van der Waals surface area contributed by atoms with E-state index in [1.54, 1.807) is 11.3 Å². The van der Waals surface area contributed by atoms with Gasteiger partial charge in [0.25, 0.3) is 0 Å². The van der Waals surface area contributed by atoms with Gasteiger partial charge in [-0.1, -0.05) is 6.92 Å². The fourth-order valence-electron chi connectivity index (χ4n) is 2.35. The molecule has 1 heterocycles. The van der Waals surface area contributed by atoms with E-state index in [1.165, 1.54) is 10.4 Å². The first-order chi connectivity index (χ1) is 6.07. The standard InChI is InChI=1S/C11H16OS/c1-8-4-11(12,5-8)6-10-3-9(2)13-7-10/h3,7-8,12H,4-6H2,1-2H3. The second-order valence-electron chi connectivity index (χ2n) is 4.48. The molecule has 1 nitrogen and oxygen atoms in total. The molecule has 0 amide bonds. The molecule has 1 aliphatic rings. The zero-order valence-electron chi connectivity index (χ0n) is 8.21. The molecule has 0 radical (unpaired) electrons. The molecule has 0 aliphatic heterocycles. The van der Waals surface area contributed by atoms with E-state index in [0.29, 0.717) is 5.92 Å². The lowest BCUT2D eigenvalue weighted by Gasteiger charge is -2.42. The maximum absolute atomic E-state index is 10.0. The molecule has 1 aliphatic carbocycles. The molecule has 1 N–H and O–H groups in total. The molecule has 0 aromatic carbocycles. The molecule has 0 unspecified atom stereocenters. The van der Waals surface area contributed by atoms with Crippen molar-refractivity contribution < 1.29 is 5.11 Å². The summed E-state index contributed by atoms with van der Waals surface area (Å²) in [5.74, 6) is 0.713. The van der Waals surface area contributed by atoms with Gasteiger partial charge in [0.2, 0.25) is 0 Å². The number of thiophene rings is 1. The smallest absolute Gasteiger partial charge is 0.0693 e. The van der Waals surface area contributed by atoms with Crippen LogP contribution in [0.25, 0.3) is 0 Å². The first-order valence-electron chi connectivity index (χ1n) is 4.84. The van der Waals surface area contributed by atoms with Crippen molar-refractivity contribution in [2.75, 3.05) is 0 Å². The molecule has 13 heavy (non-hydrogen) atoms. The predicted molar refractivity (Wildman–Crippen MR) is 56.1 cm³/mol. The molecular formula is C11H16OS. The minimum Gasteiger partial charge on any atom is -0.390 e. The number of aliphatic hydroxyl groups is 1. The summed E-state index contributed by atoms with van der Waals surface area (Å²) < 4.78 is 0. The Morgan fingerprint density at radius 2 is 2.31 bits per heavy atom. The van der Waals surface area contributed by atoms with Gasteiger partial charge in [-0.2, -0.15) is 0 Å². The minimum absolute atomic E-state index is 0.382. The number of aryl methyl sites for hydroxylation is 1. The highest BCUT2D eigenvalue weighted by Crippen LogP contribution is 2.40. The lowest BCUT2D eigenvalue weighted by molar-refractivity contribution is -0.0665.